The zero-order chi connectivity index (χ0) is 46.0. The number of hydrogen-bond acceptors (Lipinski definition) is 17. The number of carbonyl (C=O) groups excluding carboxylic acids is 2. The molecule has 5 rings (SSSR count). The Morgan fingerprint density at radius 3 is 2.11 bits per heavy atom. The van der Waals surface area contributed by atoms with Crippen LogP contribution in [0.3, 0.4) is 0 Å². The summed E-state index contributed by atoms with van der Waals surface area (Å²) in [6.07, 6.45) is -6.06. The Morgan fingerprint density at radius 2 is 1.51 bits per heavy atom. The summed E-state index contributed by atoms with van der Waals surface area (Å²) in [5, 5.41) is 2.62. The van der Waals surface area contributed by atoms with Crippen LogP contribution < -0.4 is 88.2 Å². The molecule has 0 radical (unpaired) electrons. The first-order chi connectivity index (χ1) is 29.7. The van der Waals surface area contributed by atoms with Gasteiger partial charge in [0.05, 0.1) is 57.2 Å². The monoisotopic (exact) mass is 986 g/mol. The molecule has 1 N–H and O–H groups in total. The molecular formula is C41H54N2Na2O17P2S. The van der Waals surface area contributed by atoms with E-state index in [-0.39, 0.29) is 107 Å². The standard InChI is InChI=1S/C41H56N2O17P2S.2Na/c1-27(2)23-43(63(50,51)34-18-16-31(52-6)17-19-34)24-37(60-62(47,48)49)36(42-41(45)57-38-25-54-40-35(38)20-21-53-40)22-30-12-14-32(15-13-30)55-26-61(46,59-33-10-8-7-9-11-33)58-29(5)39(44)56-28(3)4;;/h7-19,27-29,35-38,40H,20-26H2,1-6H3,(H,42,45)(H2,47,48,49);;/q;2*+1/p-2/t29-,35-,36-,37+,38-,40+,61?;;/m0../s1. The van der Waals surface area contributed by atoms with Gasteiger partial charge in [0.15, 0.2) is 12.4 Å². The van der Waals surface area contributed by atoms with Gasteiger partial charge < -0.3 is 57.1 Å². The van der Waals surface area contributed by atoms with Crippen LogP contribution in [0, 0.1) is 11.8 Å². The number of rotatable bonds is 23. The SMILES string of the molecule is COc1ccc(S(=O)(=O)N(CC(C)C)C[C@@H](OP(=O)([O-])[O-])[C@H](Cc2ccc(OCP(=O)(Oc3ccccc3)O[C@@H](C)C(=O)OC(C)C)cc2)NC(=O)O[C@H]2CO[C@H]3OCC[C@H]32)cc1.[Na+].[Na+]. The number of phosphoric acid groups is 1. The maximum Gasteiger partial charge on any atom is 1.00 e. The molecular weight excluding hydrogens is 932 g/mol. The van der Waals surface area contributed by atoms with Gasteiger partial charge in [-0.2, -0.15) is 4.31 Å². The maximum absolute atomic E-state index is 14.1. The second-order valence-electron chi connectivity index (χ2n) is 15.6. The Morgan fingerprint density at radius 1 is 0.862 bits per heavy atom. The van der Waals surface area contributed by atoms with Crippen molar-refractivity contribution >= 4 is 37.5 Å². The molecule has 7 atom stereocenters. The summed E-state index contributed by atoms with van der Waals surface area (Å²) >= 11 is 0. The van der Waals surface area contributed by atoms with Gasteiger partial charge >= 0.3 is 78.8 Å². The fourth-order valence-electron chi connectivity index (χ4n) is 6.78. The number of phosphoric ester groups is 1. The molecule has 2 saturated heterocycles. The van der Waals surface area contributed by atoms with Gasteiger partial charge in [0, 0.05) is 13.1 Å². The van der Waals surface area contributed by atoms with E-state index in [9.17, 15) is 36.9 Å². The summed E-state index contributed by atoms with van der Waals surface area (Å²) < 4.78 is 105. The van der Waals surface area contributed by atoms with Crippen LogP contribution in [-0.4, -0.2) is 101 Å². The second-order valence-corrected chi connectivity index (χ2v) is 20.5. The third-order valence-corrected chi connectivity index (χ3v) is 13.6. The average molecular weight is 987 g/mol. The van der Waals surface area contributed by atoms with Crippen LogP contribution >= 0.6 is 15.4 Å². The van der Waals surface area contributed by atoms with Crippen LogP contribution in [0.5, 0.6) is 17.2 Å². The normalized spacial score (nSPS) is 19.5. The van der Waals surface area contributed by atoms with Gasteiger partial charge in [0.25, 0.3) is 0 Å². The number of esters is 1. The topological polar surface area (TPSA) is 247 Å². The number of methoxy groups -OCH3 is 1. The van der Waals surface area contributed by atoms with Gasteiger partial charge in [0.1, 0.15) is 23.4 Å². The number of alkyl carbamates (subject to hydrolysis) is 1. The van der Waals surface area contributed by atoms with Crippen molar-refractivity contribution in [3.63, 3.8) is 0 Å². The number of para-hydroxylation sites is 1. The third-order valence-electron chi connectivity index (χ3n) is 9.67. The molecule has 3 aromatic carbocycles. The average Bonchev–Trinajstić information content (AvgIpc) is 3.84. The molecule has 0 bridgehead atoms. The van der Waals surface area contributed by atoms with Gasteiger partial charge in [-0.1, -0.05) is 44.2 Å². The van der Waals surface area contributed by atoms with E-state index < -0.39 is 87.1 Å². The molecule has 3 aromatic rings. The number of amides is 1. The fourth-order valence-corrected chi connectivity index (χ4v) is 10.4. The van der Waals surface area contributed by atoms with E-state index in [2.05, 4.69) is 5.32 Å². The molecule has 24 heteroatoms. The number of nitrogens with zero attached hydrogens (tertiary/aromatic N) is 1. The zero-order valence-electron chi connectivity index (χ0n) is 37.8. The molecule has 2 aliphatic rings. The summed E-state index contributed by atoms with van der Waals surface area (Å²) in [6.45, 7) is 7.82. The van der Waals surface area contributed by atoms with Gasteiger partial charge in [-0.25, -0.2) is 22.6 Å². The van der Waals surface area contributed by atoms with Gasteiger partial charge in [-0.05, 0) is 93.6 Å². The second kappa shape index (κ2) is 26.1. The van der Waals surface area contributed by atoms with Crippen LogP contribution in [0.4, 0.5) is 4.79 Å². The smallest absolute Gasteiger partial charge is 0.790 e. The number of benzene rings is 3. The van der Waals surface area contributed by atoms with Crippen molar-refractivity contribution in [1.29, 1.82) is 0 Å². The molecule has 0 aliphatic carbocycles. The van der Waals surface area contributed by atoms with Crippen molar-refractivity contribution in [2.24, 2.45) is 11.8 Å². The van der Waals surface area contributed by atoms with E-state index in [0.29, 0.717) is 24.3 Å². The fraction of sp³-hybridized carbons (Fsp3) is 0.512. The molecule has 0 saturated carbocycles. The van der Waals surface area contributed by atoms with Crippen molar-refractivity contribution in [1.82, 2.24) is 9.62 Å². The molecule has 19 nitrogen and oxygen atoms in total. The van der Waals surface area contributed by atoms with E-state index in [1.165, 1.54) is 62.6 Å². The predicted molar refractivity (Wildman–Crippen MR) is 222 cm³/mol. The third kappa shape index (κ3) is 17.8. The molecule has 1 amide bonds. The Bertz CT molecular complexity index is 2170. The molecule has 2 heterocycles. The molecule has 2 fully saturated rings. The van der Waals surface area contributed by atoms with Crippen molar-refractivity contribution in [2.75, 3.05) is 39.8 Å². The van der Waals surface area contributed by atoms with Crippen LogP contribution in [0.2, 0.25) is 0 Å². The first kappa shape index (κ1) is 57.2. The Balaban J connectivity index is 0.00000561. The van der Waals surface area contributed by atoms with E-state index >= 15 is 0 Å². The van der Waals surface area contributed by atoms with Crippen molar-refractivity contribution in [3.05, 3.63) is 84.4 Å². The summed E-state index contributed by atoms with van der Waals surface area (Å²) in [7, 11) is -13.0. The van der Waals surface area contributed by atoms with Crippen LogP contribution in [0.25, 0.3) is 0 Å². The summed E-state index contributed by atoms with van der Waals surface area (Å²) in [6, 6.07) is 18.3. The summed E-state index contributed by atoms with van der Waals surface area (Å²) in [5.41, 5.74) is 0.430. The molecule has 348 valence electrons. The van der Waals surface area contributed by atoms with Crippen molar-refractivity contribution in [3.8, 4) is 17.2 Å². The first-order valence-corrected chi connectivity index (χ1v) is 24.9. The number of ether oxygens (including phenoxy) is 6. The quantitative estimate of drug-likeness (QED) is 0.0654. The molecule has 1 unspecified atom stereocenters. The summed E-state index contributed by atoms with van der Waals surface area (Å²) in [5.74, 6) is -0.532. The predicted octanol–water partition coefficient (Wildman–Crippen LogP) is -1.37. The minimum absolute atomic E-state index is 0. The van der Waals surface area contributed by atoms with E-state index in [1.54, 1.807) is 58.0 Å². The number of fused-ring (bicyclic) bond motifs is 1. The van der Waals surface area contributed by atoms with Crippen molar-refractivity contribution < 1.29 is 138 Å². The largest absolute Gasteiger partial charge is 1.00 e. The zero-order valence-corrected chi connectivity index (χ0v) is 44.4. The number of carbonyl (C=O) groups is 2. The van der Waals surface area contributed by atoms with E-state index in [0.717, 1.165) is 4.31 Å². The van der Waals surface area contributed by atoms with Gasteiger partial charge in [0.2, 0.25) is 16.4 Å². The molecule has 65 heavy (non-hydrogen) atoms. The maximum atomic E-state index is 14.1. The molecule has 0 spiro atoms. The molecule has 2 aliphatic heterocycles. The van der Waals surface area contributed by atoms with E-state index in [1.807, 2.05) is 0 Å². The number of nitrogens with one attached hydrogen (secondary N) is 1. The minimum atomic E-state index is -5.84. The van der Waals surface area contributed by atoms with Crippen molar-refractivity contribution in [2.45, 2.75) is 89.1 Å². The van der Waals surface area contributed by atoms with Crippen LogP contribution in [0.15, 0.2) is 83.8 Å². The van der Waals surface area contributed by atoms with Gasteiger partial charge in [-0.15, -0.1) is 0 Å². The van der Waals surface area contributed by atoms with Gasteiger partial charge in [-0.3, -0.25) is 4.52 Å². The Labute approximate surface area is 424 Å². The molecule has 0 aromatic heterocycles. The number of sulfonamides is 1. The van der Waals surface area contributed by atoms with Crippen LogP contribution in [-0.2, 0) is 58.4 Å². The van der Waals surface area contributed by atoms with E-state index in [4.69, 9.17) is 42.0 Å². The Hall–Kier alpha value is -2.07. The Kier molecular flexibility index (Phi) is 23.0. The summed E-state index contributed by atoms with van der Waals surface area (Å²) in [4.78, 5) is 50.7. The number of hydrogen-bond donors (Lipinski definition) is 1. The first-order valence-electron chi connectivity index (χ1n) is 20.2. The van der Waals surface area contributed by atoms with Crippen LogP contribution in [0.1, 0.15) is 46.6 Å². The minimum Gasteiger partial charge on any atom is -0.790 e.